The van der Waals surface area contributed by atoms with Gasteiger partial charge in [-0.3, -0.25) is 4.98 Å². The van der Waals surface area contributed by atoms with Crippen molar-refractivity contribution in [2.45, 2.75) is 25.2 Å². The van der Waals surface area contributed by atoms with E-state index >= 15 is 0 Å². The van der Waals surface area contributed by atoms with Gasteiger partial charge in [0, 0.05) is 12.1 Å². The number of hydrogen-bond acceptors (Lipinski definition) is 4. The molecule has 2 heterocycles. The largest absolute Gasteiger partial charge is 0.380 e. The second-order valence-corrected chi connectivity index (χ2v) is 5.45. The van der Waals surface area contributed by atoms with Crippen molar-refractivity contribution in [2.24, 2.45) is 11.8 Å². The standard InChI is InChI=1S/C14H15N3O/c15-14-12(11-3-1-2-4-16-11)13(18-17-14)10-6-8-5-9(8)7-10/h1-4,8-10H,5-7H2,(H2,15,17). The summed E-state index contributed by atoms with van der Waals surface area (Å²) in [5, 5.41) is 3.94. The fraction of sp³-hybridized carbons (Fsp3) is 0.429. The van der Waals surface area contributed by atoms with Crippen molar-refractivity contribution in [3.05, 3.63) is 30.2 Å². The van der Waals surface area contributed by atoms with E-state index in [1.54, 1.807) is 6.20 Å². The van der Waals surface area contributed by atoms with Crippen LogP contribution in [0, 0.1) is 11.8 Å². The molecule has 2 fully saturated rings. The number of anilines is 1. The molecule has 2 N–H and O–H groups in total. The Kier molecular flexibility index (Phi) is 2.01. The van der Waals surface area contributed by atoms with Gasteiger partial charge in [-0.1, -0.05) is 11.2 Å². The molecule has 2 aromatic heterocycles. The topological polar surface area (TPSA) is 64.9 Å². The van der Waals surface area contributed by atoms with Gasteiger partial charge in [-0.05, 0) is 43.2 Å². The second-order valence-electron chi connectivity index (χ2n) is 5.45. The zero-order valence-electron chi connectivity index (χ0n) is 10.0. The van der Waals surface area contributed by atoms with Gasteiger partial charge in [0.15, 0.2) is 11.6 Å². The third-order valence-corrected chi connectivity index (χ3v) is 4.28. The molecule has 0 radical (unpaired) electrons. The first kappa shape index (κ1) is 10.1. The minimum absolute atomic E-state index is 0.462. The van der Waals surface area contributed by atoms with Crippen LogP contribution in [0.2, 0.25) is 0 Å². The van der Waals surface area contributed by atoms with Crippen molar-refractivity contribution in [3.8, 4) is 11.3 Å². The van der Waals surface area contributed by atoms with Crippen LogP contribution in [-0.2, 0) is 0 Å². The van der Waals surface area contributed by atoms with E-state index in [-0.39, 0.29) is 0 Å². The Balaban J connectivity index is 1.76. The summed E-state index contributed by atoms with van der Waals surface area (Å²) in [5.74, 6) is 3.72. The van der Waals surface area contributed by atoms with E-state index in [0.29, 0.717) is 11.7 Å². The molecule has 0 bridgehead atoms. The van der Waals surface area contributed by atoms with Crippen LogP contribution in [0.25, 0.3) is 11.3 Å². The summed E-state index contributed by atoms with van der Waals surface area (Å²) in [6.07, 6.45) is 5.62. The van der Waals surface area contributed by atoms with Gasteiger partial charge in [0.25, 0.3) is 0 Å². The van der Waals surface area contributed by atoms with Gasteiger partial charge in [-0.25, -0.2) is 0 Å². The van der Waals surface area contributed by atoms with Crippen LogP contribution >= 0.6 is 0 Å². The van der Waals surface area contributed by atoms with E-state index in [4.69, 9.17) is 10.3 Å². The summed E-state index contributed by atoms with van der Waals surface area (Å²) in [6, 6.07) is 5.82. The van der Waals surface area contributed by atoms with E-state index < -0.39 is 0 Å². The van der Waals surface area contributed by atoms with Crippen LogP contribution in [0.15, 0.2) is 28.9 Å². The predicted octanol–water partition coefficient (Wildman–Crippen LogP) is 2.83. The lowest BCUT2D eigenvalue weighted by Gasteiger charge is -2.09. The number of hydrogen-bond donors (Lipinski definition) is 1. The molecule has 2 aliphatic rings. The second kappa shape index (κ2) is 3.57. The molecule has 2 unspecified atom stereocenters. The minimum Gasteiger partial charge on any atom is -0.380 e. The van der Waals surface area contributed by atoms with Gasteiger partial charge in [-0.15, -0.1) is 0 Å². The van der Waals surface area contributed by atoms with E-state index in [0.717, 1.165) is 28.9 Å². The summed E-state index contributed by atoms with van der Waals surface area (Å²) in [7, 11) is 0. The molecule has 0 aliphatic heterocycles. The first-order valence-electron chi connectivity index (χ1n) is 6.49. The van der Waals surface area contributed by atoms with Crippen LogP contribution in [-0.4, -0.2) is 10.1 Å². The SMILES string of the molecule is Nc1noc(C2CC3CC3C2)c1-c1ccccn1. The number of pyridine rings is 1. The van der Waals surface area contributed by atoms with Crippen molar-refractivity contribution in [1.82, 2.24) is 10.1 Å². The molecule has 0 saturated heterocycles. The highest BCUT2D eigenvalue weighted by atomic mass is 16.5. The normalized spacial score (nSPS) is 29.2. The van der Waals surface area contributed by atoms with E-state index in [2.05, 4.69) is 10.1 Å². The number of nitrogens with two attached hydrogens (primary N) is 1. The molecule has 0 amide bonds. The van der Waals surface area contributed by atoms with Crippen LogP contribution in [0.4, 0.5) is 5.82 Å². The highest BCUT2D eigenvalue weighted by Crippen LogP contribution is 2.58. The van der Waals surface area contributed by atoms with Gasteiger partial charge in [0.1, 0.15) is 0 Å². The molecule has 0 spiro atoms. The minimum atomic E-state index is 0.462. The quantitative estimate of drug-likeness (QED) is 0.878. The Morgan fingerprint density at radius 3 is 2.72 bits per heavy atom. The number of nitrogens with zero attached hydrogens (tertiary/aromatic N) is 2. The van der Waals surface area contributed by atoms with Gasteiger partial charge in [0.05, 0.1) is 11.3 Å². The average molecular weight is 241 g/mol. The maximum Gasteiger partial charge on any atom is 0.176 e. The lowest BCUT2D eigenvalue weighted by molar-refractivity contribution is 0.356. The molecule has 92 valence electrons. The van der Waals surface area contributed by atoms with Crippen LogP contribution in [0.1, 0.15) is 30.9 Å². The molecule has 2 atom stereocenters. The van der Waals surface area contributed by atoms with Crippen LogP contribution in [0.3, 0.4) is 0 Å². The van der Waals surface area contributed by atoms with E-state index in [1.165, 1.54) is 19.3 Å². The third-order valence-electron chi connectivity index (χ3n) is 4.28. The maximum absolute atomic E-state index is 5.94. The highest BCUT2D eigenvalue weighted by Gasteiger charge is 2.48. The number of aromatic nitrogens is 2. The van der Waals surface area contributed by atoms with E-state index in [1.807, 2.05) is 18.2 Å². The molecule has 2 aliphatic carbocycles. The van der Waals surface area contributed by atoms with Crippen molar-refractivity contribution >= 4 is 5.82 Å². The van der Waals surface area contributed by atoms with Crippen molar-refractivity contribution in [1.29, 1.82) is 0 Å². The first-order chi connectivity index (χ1) is 8.83. The zero-order chi connectivity index (χ0) is 12.1. The molecule has 2 aromatic rings. The Morgan fingerprint density at radius 2 is 2.00 bits per heavy atom. The number of rotatable bonds is 2. The maximum atomic E-state index is 5.94. The fourth-order valence-electron chi connectivity index (χ4n) is 3.29. The number of fused-ring (bicyclic) bond motifs is 1. The summed E-state index contributed by atoms with van der Waals surface area (Å²) < 4.78 is 5.49. The van der Waals surface area contributed by atoms with Gasteiger partial charge < -0.3 is 10.3 Å². The Morgan fingerprint density at radius 1 is 1.17 bits per heavy atom. The smallest absolute Gasteiger partial charge is 0.176 e. The molecule has 18 heavy (non-hydrogen) atoms. The summed E-state index contributed by atoms with van der Waals surface area (Å²) in [6.45, 7) is 0. The lowest BCUT2D eigenvalue weighted by atomic mass is 9.96. The van der Waals surface area contributed by atoms with Crippen molar-refractivity contribution < 1.29 is 4.52 Å². The van der Waals surface area contributed by atoms with Crippen LogP contribution < -0.4 is 5.73 Å². The molecular formula is C14H15N3O. The summed E-state index contributed by atoms with van der Waals surface area (Å²) >= 11 is 0. The van der Waals surface area contributed by atoms with E-state index in [9.17, 15) is 0 Å². The fourth-order valence-corrected chi connectivity index (χ4v) is 3.29. The van der Waals surface area contributed by atoms with Crippen molar-refractivity contribution in [3.63, 3.8) is 0 Å². The third kappa shape index (κ3) is 1.45. The number of nitrogen functional groups attached to an aromatic ring is 1. The Bertz CT molecular complexity index is 568. The molecule has 4 nitrogen and oxygen atoms in total. The zero-order valence-corrected chi connectivity index (χ0v) is 10.0. The Hall–Kier alpha value is -1.84. The summed E-state index contributed by atoms with van der Waals surface area (Å²) in [4.78, 5) is 4.36. The van der Waals surface area contributed by atoms with Gasteiger partial charge in [-0.2, -0.15) is 0 Å². The van der Waals surface area contributed by atoms with Gasteiger partial charge in [0.2, 0.25) is 0 Å². The monoisotopic (exact) mass is 241 g/mol. The first-order valence-corrected chi connectivity index (χ1v) is 6.49. The molecule has 0 aromatic carbocycles. The molecule has 2 saturated carbocycles. The average Bonchev–Trinajstić information content (AvgIpc) is 2.85. The lowest BCUT2D eigenvalue weighted by Crippen LogP contribution is -1.98. The predicted molar refractivity (Wildman–Crippen MR) is 67.7 cm³/mol. The van der Waals surface area contributed by atoms with Gasteiger partial charge >= 0.3 is 0 Å². The molecule has 4 heteroatoms. The van der Waals surface area contributed by atoms with Crippen molar-refractivity contribution in [2.75, 3.05) is 5.73 Å². The summed E-state index contributed by atoms with van der Waals surface area (Å²) in [5.41, 5.74) is 7.71. The Labute approximate surface area is 105 Å². The molecule has 4 rings (SSSR count). The highest BCUT2D eigenvalue weighted by molar-refractivity contribution is 5.73. The van der Waals surface area contributed by atoms with Crippen LogP contribution in [0.5, 0.6) is 0 Å². The molecular weight excluding hydrogens is 226 g/mol.